The Morgan fingerprint density at radius 3 is 2.05 bits per heavy atom. The number of benzene rings is 2. The maximum Gasteiger partial charge on any atom is 0.240 e. The second kappa shape index (κ2) is 6.72. The highest BCUT2D eigenvalue weighted by molar-refractivity contribution is 9.08. The summed E-state index contributed by atoms with van der Waals surface area (Å²) in [7, 11) is -3.49. The van der Waals surface area contributed by atoms with Crippen LogP contribution in [-0.2, 0) is 21.9 Å². The summed E-state index contributed by atoms with van der Waals surface area (Å²) in [5, 5.41) is 1.33. The maximum atomic E-state index is 12.1. The Morgan fingerprint density at radius 2 is 1.50 bits per heavy atom. The van der Waals surface area contributed by atoms with Gasteiger partial charge in [0.25, 0.3) is 0 Å². The number of nitrogens with one attached hydrogen (secondary N) is 1. The largest absolute Gasteiger partial charge is 0.240 e. The van der Waals surface area contributed by atoms with Gasteiger partial charge in [-0.2, -0.15) is 0 Å². The fourth-order valence-electron chi connectivity index (χ4n) is 1.62. The minimum Gasteiger partial charge on any atom is -0.207 e. The Labute approximate surface area is 132 Å². The molecule has 0 saturated carbocycles. The minimum atomic E-state index is -3.49. The van der Waals surface area contributed by atoms with Gasteiger partial charge in [0.15, 0.2) is 0 Å². The first-order valence-electron chi connectivity index (χ1n) is 5.90. The average molecular weight is 375 g/mol. The molecule has 0 heterocycles. The number of alkyl halides is 1. The van der Waals surface area contributed by atoms with Crippen LogP contribution in [0, 0.1) is 0 Å². The van der Waals surface area contributed by atoms with Crippen LogP contribution in [0.4, 0.5) is 0 Å². The van der Waals surface area contributed by atoms with Gasteiger partial charge in [0.1, 0.15) is 0 Å². The molecule has 0 saturated heterocycles. The lowest BCUT2D eigenvalue weighted by Gasteiger charge is -2.07. The van der Waals surface area contributed by atoms with Crippen LogP contribution >= 0.6 is 27.5 Å². The predicted molar refractivity (Wildman–Crippen MR) is 84.6 cm³/mol. The lowest BCUT2D eigenvalue weighted by Crippen LogP contribution is -2.23. The number of hydrogen-bond acceptors (Lipinski definition) is 2. The third-order valence-electron chi connectivity index (χ3n) is 2.77. The van der Waals surface area contributed by atoms with E-state index < -0.39 is 10.0 Å². The summed E-state index contributed by atoms with van der Waals surface area (Å²) in [6.45, 7) is 0.236. The number of rotatable bonds is 5. The van der Waals surface area contributed by atoms with Crippen LogP contribution in [0.3, 0.4) is 0 Å². The molecule has 20 heavy (non-hydrogen) atoms. The van der Waals surface area contributed by atoms with E-state index in [0.29, 0.717) is 10.4 Å². The summed E-state index contributed by atoms with van der Waals surface area (Å²) in [5.41, 5.74) is 1.89. The molecule has 0 bridgehead atoms. The predicted octanol–water partition coefficient (Wildman–Crippen LogP) is 3.71. The summed E-state index contributed by atoms with van der Waals surface area (Å²) < 4.78 is 26.8. The van der Waals surface area contributed by atoms with Crippen molar-refractivity contribution in [1.29, 1.82) is 0 Å². The molecule has 0 aliphatic rings. The first kappa shape index (κ1) is 15.5. The minimum absolute atomic E-state index is 0.236. The van der Waals surface area contributed by atoms with Crippen LogP contribution in [-0.4, -0.2) is 8.42 Å². The normalized spacial score (nSPS) is 11.5. The molecule has 0 amide bonds. The van der Waals surface area contributed by atoms with Crippen molar-refractivity contribution >= 4 is 37.6 Å². The molecule has 0 unspecified atom stereocenters. The Bertz CT molecular complexity index is 669. The first-order valence-corrected chi connectivity index (χ1v) is 8.88. The fraction of sp³-hybridized carbons (Fsp3) is 0.143. The highest BCUT2D eigenvalue weighted by Crippen LogP contribution is 2.14. The smallest absolute Gasteiger partial charge is 0.207 e. The molecule has 0 atom stereocenters. The summed E-state index contributed by atoms with van der Waals surface area (Å²) in [6, 6.07) is 13.8. The van der Waals surface area contributed by atoms with Crippen molar-refractivity contribution in [2.45, 2.75) is 16.8 Å². The second-order valence-electron chi connectivity index (χ2n) is 4.23. The summed E-state index contributed by atoms with van der Waals surface area (Å²) >= 11 is 9.11. The lowest BCUT2D eigenvalue weighted by atomic mass is 10.2. The van der Waals surface area contributed by atoms with Crippen molar-refractivity contribution in [3.05, 3.63) is 64.7 Å². The third-order valence-corrected chi connectivity index (χ3v) is 5.08. The topological polar surface area (TPSA) is 46.2 Å². The zero-order valence-corrected chi connectivity index (χ0v) is 13.7. The third kappa shape index (κ3) is 4.06. The molecule has 1 N–H and O–H groups in total. The van der Waals surface area contributed by atoms with Crippen molar-refractivity contribution in [3.8, 4) is 0 Å². The van der Waals surface area contributed by atoms with E-state index in [1.807, 2.05) is 0 Å². The van der Waals surface area contributed by atoms with Gasteiger partial charge in [-0.25, -0.2) is 13.1 Å². The SMILES string of the molecule is O=S(=O)(NCc1ccc(Cl)cc1)c1ccc(CBr)cc1. The number of hydrogen-bond donors (Lipinski definition) is 1. The van der Waals surface area contributed by atoms with Gasteiger partial charge >= 0.3 is 0 Å². The zero-order valence-electron chi connectivity index (χ0n) is 10.5. The fourth-order valence-corrected chi connectivity index (χ4v) is 3.14. The standard InChI is InChI=1S/C14H13BrClNO2S/c15-9-11-3-7-14(8-4-11)20(18,19)17-10-12-1-5-13(16)6-2-12/h1-8,17H,9-10H2. The number of halogens is 2. The lowest BCUT2D eigenvalue weighted by molar-refractivity contribution is 0.581. The molecular weight excluding hydrogens is 362 g/mol. The Balaban J connectivity index is 2.08. The van der Waals surface area contributed by atoms with E-state index in [0.717, 1.165) is 11.1 Å². The zero-order chi connectivity index (χ0) is 14.6. The van der Waals surface area contributed by atoms with Crippen molar-refractivity contribution in [2.75, 3.05) is 0 Å². The molecular formula is C14H13BrClNO2S. The van der Waals surface area contributed by atoms with Crippen LogP contribution in [0.25, 0.3) is 0 Å². The van der Waals surface area contributed by atoms with Gasteiger partial charge < -0.3 is 0 Å². The van der Waals surface area contributed by atoms with Crippen molar-refractivity contribution in [2.24, 2.45) is 0 Å². The molecule has 0 fully saturated rings. The molecule has 0 spiro atoms. The highest BCUT2D eigenvalue weighted by Gasteiger charge is 2.13. The maximum absolute atomic E-state index is 12.1. The van der Waals surface area contributed by atoms with Crippen LogP contribution in [0.15, 0.2) is 53.4 Å². The molecule has 0 aliphatic carbocycles. The second-order valence-corrected chi connectivity index (χ2v) is 6.99. The molecule has 6 heteroatoms. The quantitative estimate of drug-likeness (QED) is 0.811. The molecule has 3 nitrogen and oxygen atoms in total. The summed E-state index contributed by atoms with van der Waals surface area (Å²) in [4.78, 5) is 0.260. The van der Waals surface area contributed by atoms with E-state index >= 15 is 0 Å². The van der Waals surface area contributed by atoms with Crippen molar-refractivity contribution in [1.82, 2.24) is 4.72 Å². The first-order chi connectivity index (χ1) is 9.51. The van der Waals surface area contributed by atoms with Crippen molar-refractivity contribution in [3.63, 3.8) is 0 Å². The van der Waals surface area contributed by atoms with Gasteiger partial charge in [0.05, 0.1) is 4.90 Å². The van der Waals surface area contributed by atoms with E-state index in [-0.39, 0.29) is 11.4 Å². The van der Waals surface area contributed by atoms with Crippen LogP contribution in [0.2, 0.25) is 5.02 Å². The Kier molecular flexibility index (Phi) is 5.21. The Hall–Kier alpha value is -0.880. The van der Waals surface area contributed by atoms with E-state index in [4.69, 9.17) is 11.6 Å². The molecule has 0 aromatic heterocycles. The summed E-state index contributed by atoms with van der Waals surface area (Å²) in [5.74, 6) is 0. The van der Waals surface area contributed by atoms with Gasteiger partial charge in [-0.05, 0) is 35.4 Å². The average Bonchev–Trinajstić information content (AvgIpc) is 2.47. The van der Waals surface area contributed by atoms with Gasteiger partial charge in [0, 0.05) is 16.9 Å². The van der Waals surface area contributed by atoms with E-state index in [1.165, 1.54) is 0 Å². The van der Waals surface area contributed by atoms with Crippen LogP contribution < -0.4 is 4.72 Å². The van der Waals surface area contributed by atoms with Gasteiger partial charge in [-0.1, -0.05) is 51.8 Å². The van der Waals surface area contributed by atoms with E-state index in [9.17, 15) is 8.42 Å². The molecule has 2 aromatic rings. The van der Waals surface area contributed by atoms with Gasteiger partial charge in [-0.3, -0.25) is 0 Å². The highest BCUT2D eigenvalue weighted by atomic mass is 79.9. The summed E-state index contributed by atoms with van der Waals surface area (Å²) in [6.07, 6.45) is 0. The molecule has 106 valence electrons. The van der Waals surface area contributed by atoms with Gasteiger partial charge in [-0.15, -0.1) is 0 Å². The van der Waals surface area contributed by atoms with Crippen LogP contribution in [0.5, 0.6) is 0 Å². The molecule has 0 aliphatic heterocycles. The molecule has 0 radical (unpaired) electrons. The van der Waals surface area contributed by atoms with E-state index in [1.54, 1.807) is 48.5 Å². The van der Waals surface area contributed by atoms with Crippen molar-refractivity contribution < 1.29 is 8.42 Å². The monoisotopic (exact) mass is 373 g/mol. The number of sulfonamides is 1. The molecule has 2 aromatic carbocycles. The van der Waals surface area contributed by atoms with Crippen LogP contribution in [0.1, 0.15) is 11.1 Å². The van der Waals surface area contributed by atoms with E-state index in [2.05, 4.69) is 20.7 Å². The Morgan fingerprint density at radius 1 is 0.950 bits per heavy atom. The van der Waals surface area contributed by atoms with Gasteiger partial charge in [0.2, 0.25) is 10.0 Å². The molecule has 2 rings (SSSR count).